The summed E-state index contributed by atoms with van der Waals surface area (Å²) in [5.74, 6) is 1.17. The van der Waals surface area contributed by atoms with Crippen LogP contribution in [-0.2, 0) is 0 Å². The van der Waals surface area contributed by atoms with Gasteiger partial charge in [-0.1, -0.05) is 0 Å². The molecule has 1 rings (SSSR count). The molecule has 1 N–H and O–H groups in total. The number of carbonyl (C=O) groups excluding carboxylic acids is 1. The second kappa shape index (κ2) is 9.23. The van der Waals surface area contributed by atoms with Gasteiger partial charge in [0.2, 0.25) is 0 Å². The van der Waals surface area contributed by atoms with Crippen LogP contribution in [0.25, 0.3) is 0 Å². The molecule has 1 aromatic carbocycles. The smallest absolute Gasteiger partial charge is 0.253 e. The summed E-state index contributed by atoms with van der Waals surface area (Å²) >= 11 is 0. The lowest BCUT2D eigenvalue weighted by Crippen LogP contribution is -2.27. The Morgan fingerprint density at radius 1 is 1.24 bits per heavy atom. The van der Waals surface area contributed by atoms with E-state index < -0.39 is 0 Å². The van der Waals surface area contributed by atoms with E-state index in [9.17, 15) is 4.79 Å². The Morgan fingerprint density at radius 3 is 2.62 bits per heavy atom. The van der Waals surface area contributed by atoms with Crippen molar-refractivity contribution in [1.82, 2.24) is 4.90 Å². The van der Waals surface area contributed by atoms with Gasteiger partial charge in [-0.3, -0.25) is 4.79 Å². The third-order valence-corrected chi connectivity index (χ3v) is 3.21. The molecule has 0 saturated heterocycles. The summed E-state index contributed by atoms with van der Waals surface area (Å²) < 4.78 is 10.7. The average molecular weight is 295 g/mol. The number of ether oxygens (including phenoxy) is 2. The van der Waals surface area contributed by atoms with Gasteiger partial charge in [0.15, 0.2) is 11.5 Å². The molecular weight excluding hydrogens is 270 g/mol. The summed E-state index contributed by atoms with van der Waals surface area (Å²) in [5, 5.41) is 8.74. The van der Waals surface area contributed by atoms with Gasteiger partial charge < -0.3 is 19.5 Å². The molecule has 0 atom stereocenters. The summed E-state index contributed by atoms with van der Waals surface area (Å²) in [6, 6.07) is 5.21. The molecule has 5 nitrogen and oxygen atoms in total. The van der Waals surface area contributed by atoms with Crippen LogP contribution >= 0.6 is 0 Å². The fourth-order valence-electron chi connectivity index (χ4n) is 2.04. The van der Waals surface area contributed by atoms with Crippen molar-refractivity contribution in [2.75, 3.05) is 33.9 Å². The van der Waals surface area contributed by atoms with E-state index in [1.807, 2.05) is 6.92 Å². The van der Waals surface area contributed by atoms with Crippen molar-refractivity contribution in [3.05, 3.63) is 23.8 Å². The summed E-state index contributed by atoms with van der Waals surface area (Å²) in [5.41, 5.74) is 0.587. The van der Waals surface area contributed by atoms with E-state index in [4.69, 9.17) is 14.6 Å². The minimum atomic E-state index is -0.0393. The van der Waals surface area contributed by atoms with E-state index in [2.05, 4.69) is 0 Å². The molecule has 0 aliphatic rings. The molecule has 0 aliphatic carbocycles. The van der Waals surface area contributed by atoms with Crippen LogP contribution in [0.1, 0.15) is 36.5 Å². The molecule has 0 heterocycles. The second-order valence-corrected chi connectivity index (χ2v) is 4.81. The van der Waals surface area contributed by atoms with Gasteiger partial charge >= 0.3 is 0 Å². The number of aliphatic hydroxyl groups excluding tert-OH is 1. The predicted molar refractivity (Wildman–Crippen MR) is 82.1 cm³/mol. The second-order valence-electron chi connectivity index (χ2n) is 4.81. The molecule has 0 bridgehead atoms. The topological polar surface area (TPSA) is 59.0 Å². The van der Waals surface area contributed by atoms with Gasteiger partial charge in [-0.25, -0.2) is 0 Å². The Labute approximate surface area is 126 Å². The van der Waals surface area contributed by atoms with E-state index in [0.29, 0.717) is 30.2 Å². The van der Waals surface area contributed by atoms with Crippen molar-refractivity contribution < 1.29 is 19.4 Å². The first-order valence-electron chi connectivity index (χ1n) is 7.31. The highest BCUT2D eigenvalue weighted by atomic mass is 16.5. The maximum atomic E-state index is 12.3. The standard InChI is InChI=1S/C16H25NO4/c1-4-21-15-12-13(8-9-14(15)20-3)16(19)17(2)10-6-5-7-11-18/h8-9,12,18H,4-7,10-11H2,1-3H3. The van der Waals surface area contributed by atoms with Crippen molar-refractivity contribution in [3.63, 3.8) is 0 Å². The molecule has 118 valence electrons. The van der Waals surface area contributed by atoms with Crippen LogP contribution < -0.4 is 9.47 Å². The third kappa shape index (κ3) is 5.27. The Kier molecular flexibility index (Phi) is 7.61. The predicted octanol–water partition coefficient (Wildman–Crippen LogP) is 2.33. The highest BCUT2D eigenvalue weighted by Gasteiger charge is 2.14. The zero-order chi connectivity index (χ0) is 15.7. The molecule has 0 aromatic heterocycles. The Morgan fingerprint density at radius 2 is 2.00 bits per heavy atom. The highest BCUT2D eigenvalue weighted by molar-refractivity contribution is 5.94. The number of nitrogens with zero attached hydrogens (tertiary/aromatic N) is 1. The van der Waals surface area contributed by atoms with E-state index >= 15 is 0 Å². The van der Waals surface area contributed by atoms with Gasteiger partial charge in [0, 0.05) is 25.8 Å². The highest BCUT2D eigenvalue weighted by Crippen LogP contribution is 2.28. The first-order chi connectivity index (χ1) is 10.1. The fraction of sp³-hybridized carbons (Fsp3) is 0.562. The Hall–Kier alpha value is -1.75. The van der Waals surface area contributed by atoms with Gasteiger partial charge in [-0.15, -0.1) is 0 Å². The lowest BCUT2D eigenvalue weighted by atomic mass is 10.1. The van der Waals surface area contributed by atoms with Crippen LogP contribution in [0.5, 0.6) is 11.5 Å². The first kappa shape index (κ1) is 17.3. The van der Waals surface area contributed by atoms with Crippen molar-refractivity contribution in [3.8, 4) is 11.5 Å². The van der Waals surface area contributed by atoms with Gasteiger partial charge in [0.1, 0.15) is 0 Å². The average Bonchev–Trinajstić information content (AvgIpc) is 2.51. The van der Waals surface area contributed by atoms with E-state index in [-0.39, 0.29) is 12.5 Å². The zero-order valence-corrected chi connectivity index (χ0v) is 13.1. The number of carbonyl (C=O) groups is 1. The summed E-state index contributed by atoms with van der Waals surface area (Å²) in [7, 11) is 3.36. The number of amides is 1. The molecule has 1 aromatic rings. The number of hydrogen-bond acceptors (Lipinski definition) is 4. The SMILES string of the molecule is CCOc1cc(C(=O)N(C)CCCCCO)ccc1OC. The normalized spacial score (nSPS) is 10.3. The molecule has 0 spiro atoms. The number of hydrogen-bond donors (Lipinski definition) is 1. The van der Waals surface area contributed by atoms with Crippen molar-refractivity contribution >= 4 is 5.91 Å². The molecule has 0 unspecified atom stereocenters. The van der Waals surface area contributed by atoms with E-state index in [1.165, 1.54) is 0 Å². The molecule has 5 heteroatoms. The number of methoxy groups -OCH3 is 1. The van der Waals surface area contributed by atoms with Gasteiger partial charge in [0.05, 0.1) is 13.7 Å². The van der Waals surface area contributed by atoms with Gasteiger partial charge in [-0.2, -0.15) is 0 Å². The number of unbranched alkanes of at least 4 members (excludes halogenated alkanes) is 2. The van der Waals surface area contributed by atoms with Crippen molar-refractivity contribution in [2.24, 2.45) is 0 Å². The molecular formula is C16H25NO4. The minimum Gasteiger partial charge on any atom is -0.493 e. The first-order valence-corrected chi connectivity index (χ1v) is 7.31. The lowest BCUT2D eigenvalue weighted by Gasteiger charge is -2.18. The van der Waals surface area contributed by atoms with E-state index in [1.54, 1.807) is 37.3 Å². The van der Waals surface area contributed by atoms with Crippen LogP contribution in [0.4, 0.5) is 0 Å². The Balaban J connectivity index is 2.70. The lowest BCUT2D eigenvalue weighted by molar-refractivity contribution is 0.0791. The summed E-state index contributed by atoms with van der Waals surface area (Å²) in [6.45, 7) is 3.29. The largest absolute Gasteiger partial charge is 0.493 e. The molecule has 0 radical (unpaired) electrons. The fourth-order valence-corrected chi connectivity index (χ4v) is 2.04. The van der Waals surface area contributed by atoms with Crippen LogP contribution in [0.2, 0.25) is 0 Å². The van der Waals surface area contributed by atoms with Crippen LogP contribution in [0, 0.1) is 0 Å². The quantitative estimate of drug-likeness (QED) is 0.710. The van der Waals surface area contributed by atoms with Crippen LogP contribution in [-0.4, -0.2) is 49.8 Å². The van der Waals surface area contributed by atoms with Crippen molar-refractivity contribution in [2.45, 2.75) is 26.2 Å². The molecule has 0 aliphatic heterocycles. The molecule has 0 fully saturated rings. The molecule has 1 amide bonds. The summed E-state index contributed by atoms with van der Waals surface area (Å²) in [4.78, 5) is 14.0. The van der Waals surface area contributed by atoms with Crippen LogP contribution in [0.15, 0.2) is 18.2 Å². The number of rotatable bonds is 9. The third-order valence-electron chi connectivity index (χ3n) is 3.21. The number of aliphatic hydroxyl groups is 1. The molecule has 0 saturated carbocycles. The minimum absolute atomic E-state index is 0.0393. The zero-order valence-electron chi connectivity index (χ0n) is 13.1. The Bertz CT molecular complexity index is 448. The monoisotopic (exact) mass is 295 g/mol. The number of benzene rings is 1. The maximum absolute atomic E-state index is 12.3. The molecule has 21 heavy (non-hydrogen) atoms. The van der Waals surface area contributed by atoms with E-state index in [0.717, 1.165) is 19.3 Å². The van der Waals surface area contributed by atoms with Gasteiger partial charge in [0.25, 0.3) is 5.91 Å². The summed E-state index contributed by atoms with van der Waals surface area (Å²) in [6.07, 6.45) is 2.58. The maximum Gasteiger partial charge on any atom is 0.253 e. The van der Waals surface area contributed by atoms with Crippen molar-refractivity contribution in [1.29, 1.82) is 0 Å². The van der Waals surface area contributed by atoms with Crippen LogP contribution in [0.3, 0.4) is 0 Å². The van der Waals surface area contributed by atoms with Gasteiger partial charge in [-0.05, 0) is 44.4 Å².